The first-order chi connectivity index (χ1) is 13.5. The zero-order valence-electron chi connectivity index (χ0n) is 16.9. The first kappa shape index (κ1) is 21.5. The van der Waals surface area contributed by atoms with Crippen molar-refractivity contribution in [3.63, 3.8) is 0 Å². The lowest BCUT2D eigenvalue weighted by Crippen LogP contribution is -2.50. The molecule has 0 unspecified atom stereocenters. The van der Waals surface area contributed by atoms with Crippen LogP contribution >= 0.6 is 0 Å². The number of hydrogen-bond donors (Lipinski definition) is 1. The summed E-state index contributed by atoms with van der Waals surface area (Å²) in [7, 11) is 1.78. The predicted octanol–water partition coefficient (Wildman–Crippen LogP) is 4.03. The molecule has 2 rings (SSSR count). The normalized spacial score (nSPS) is 11.7. The van der Waals surface area contributed by atoms with E-state index < -0.39 is 12.1 Å². The maximum absolute atomic E-state index is 12.8. The fraction of sp³-hybridized carbons (Fsp3) is 0.391. The fourth-order valence-electron chi connectivity index (χ4n) is 2.92. The van der Waals surface area contributed by atoms with E-state index in [0.29, 0.717) is 6.54 Å². The Bertz CT molecular complexity index is 732. The molecule has 0 aliphatic heterocycles. The zero-order valence-corrected chi connectivity index (χ0v) is 16.9. The molecular formula is C23H30N2O3. The van der Waals surface area contributed by atoms with Gasteiger partial charge in [0.25, 0.3) is 0 Å². The summed E-state index contributed by atoms with van der Waals surface area (Å²) < 4.78 is 5.26. The minimum Gasteiger partial charge on any atom is -0.445 e. The molecule has 0 heterocycles. The van der Waals surface area contributed by atoms with Crippen LogP contribution in [0.3, 0.4) is 0 Å². The van der Waals surface area contributed by atoms with Crippen LogP contribution in [0.4, 0.5) is 4.79 Å². The molecule has 0 fully saturated rings. The standard InChI is InChI=1S/C23H30N2O3/c1-18(2)21(24-23(27)28-17-20-13-8-5-9-14-20)22(26)25(3)16-10-15-19-11-6-4-7-12-19/h4-9,11-14,18,21H,10,15-17H2,1-3H3,(H,24,27)/t21-/m0/s1. The van der Waals surface area contributed by atoms with Crippen LogP contribution in [0.1, 0.15) is 31.4 Å². The number of amides is 2. The van der Waals surface area contributed by atoms with Crippen molar-refractivity contribution >= 4 is 12.0 Å². The molecule has 0 bridgehead atoms. The molecule has 2 aromatic carbocycles. The summed E-state index contributed by atoms with van der Waals surface area (Å²) >= 11 is 0. The molecule has 0 radical (unpaired) electrons. The van der Waals surface area contributed by atoms with E-state index in [-0.39, 0.29) is 18.4 Å². The summed E-state index contributed by atoms with van der Waals surface area (Å²) in [5.74, 6) is -0.131. The first-order valence-corrected chi connectivity index (χ1v) is 9.73. The first-order valence-electron chi connectivity index (χ1n) is 9.73. The van der Waals surface area contributed by atoms with Gasteiger partial charge in [-0.15, -0.1) is 0 Å². The fourth-order valence-corrected chi connectivity index (χ4v) is 2.92. The highest BCUT2D eigenvalue weighted by molar-refractivity contribution is 5.85. The Kier molecular flexibility index (Phi) is 8.53. The van der Waals surface area contributed by atoms with Gasteiger partial charge in [-0.05, 0) is 29.9 Å². The molecule has 0 saturated heterocycles. The number of rotatable bonds is 9. The number of nitrogens with zero attached hydrogens (tertiary/aromatic N) is 1. The Balaban J connectivity index is 1.81. The van der Waals surface area contributed by atoms with Gasteiger partial charge in [-0.3, -0.25) is 4.79 Å². The van der Waals surface area contributed by atoms with Crippen LogP contribution in [0.15, 0.2) is 60.7 Å². The van der Waals surface area contributed by atoms with Crippen LogP contribution in [-0.4, -0.2) is 36.5 Å². The third kappa shape index (κ3) is 7.06. The van der Waals surface area contributed by atoms with E-state index in [4.69, 9.17) is 4.74 Å². The van der Waals surface area contributed by atoms with Gasteiger partial charge < -0.3 is 15.0 Å². The van der Waals surface area contributed by atoms with Crippen LogP contribution in [-0.2, 0) is 22.6 Å². The van der Waals surface area contributed by atoms with Gasteiger partial charge in [-0.25, -0.2) is 4.79 Å². The Morgan fingerprint density at radius 1 is 0.964 bits per heavy atom. The molecule has 5 heteroatoms. The third-order valence-corrected chi connectivity index (χ3v) is 4.60. The molecule has 1 atom stereocenters. The van der Waals surface area contributed by atoms with E-state index in [0.717, 1.165) is 18.4 Å². The van der Waals surface area contributed by atoms with Gasteiger partial charge in [-0.2, -0.15) is 0 Å². The van der Waals surface area contributed by atoms with Crippen LogP contribution in [0.5, 0.6) is 0 Å². The van der Waals surface area contributed by atoms with Crippen molar-refractivity contribution < 1.29 is 14.3 Å². The number of carbonyl (C=O) groups is 2. The molecule has 5 nitrogen and oxygen atoms in total. The van der Waals surface area contributed by atoms with E-state index in [1.165, 1.54) is 5.56 Å². The van der Waals surface area contributed by atoms with Gasteiger partial charge in [0.15, 0.2) is 0 Å². The maximum atomic E-state index is 12.8. The highest BCUT2D eigenvalue weighted by Crippen LogP contribution is 2.09. The molecule has 0 aromatic heterocycles. The van der Waals surface area contributed by atoms with Crippen LogP contribution in [0, 0.1) is 5.92 Å². The van der Waals surface area contributed by atoms with Crippen molar-refractivity contribution in [1.29, 1.82) is 0 Å². The quantitative estimate of drug-likeness (QED) is 0.712. The van der Waals surface area contributed by atoms with E-state index in [1.807, 2.05) is 62.4 Å². The number of ether oxygens (including phenoxy) is 1. The average molecular weight is 383 g/mol. The SMILES string of the molecule is CC(C)[C@H](NC(=O)OCc1ccccc1)C(=O)N(C)CCCc1ccccc1. The second kappa shape index (κ2) is 11.1. The number of carbonyl (C=O) groups excluding carboxylic acids is 2. The van der Waals surface area contributed by atoms with Crippen molar-refractivity contribution in [2.75, 3.05) is 13.6 Å². The highest BCUT2D eigenvalue weighted by atomic mass is 16.5. The van der Waals surface area contributed by atoms with Crippen LogP contribution in [0.2, 0.25) is 0 Å². The smallest absolute Gasteiger partial charge is 0.408 e. The van der Waals surface area contributed by atoms with E-state index in [2.05, 4.69) is 17.4 Å². The number of hydrogen-bond acceptors (Lipinski definition) is 3. The Labute approximate surface area is 167 Å². The number of aryl methyl sites for hydroxylation is 1. The lowest BCUT2D eigenvalue weighted by molar-refractivity contribution is -0.133. The molecule has 2 aromatic rings. The molecule has 0 aliphatic rings. The summed E-state index contributed by atoms with van der Waals surface area (Å²) in [5, 5.41) is 2.72. The number of nitrogens with one attached hydrogen (secondary N) is 1. The Morgan fingerprint density at radius 2 is 1.54 bits per heavy atom. The van der Waals surface area contributed by atoms with Crippen molar-refractivity contribution in [2.45, 2.75) is 39.3 Å². The average Bonchev–Trinajstić information content (AvgIpc) is 2.71. The number of benzene rings is 2. The van der Waals surface area contributed by atoms with Crippen molar-refractivity contribution in [1.82, 2.24) is 10.2 Å². The van der Waals surface area contributed by atoms with Crippen molar-refractivity contribution in [3.8, 4) is 0 Å². The molecule has 0 spiro atoms. The second-order valence-corrected chi connectivity index (χ2v) is 7.28. The monoisotopic (exact) mass is 382 g/mol. The molecular weight excluding hydrogens is 352 g/mol. The minimum atomic E-state index is -0.606. The second-order valence-electron chi connectivity index (χ2n) is 7.28. The lowest BCUT2D eigenvalue weighted by Gasteiger charge is -2.27. The summed E-state index contributed by atoms with van der Waals surface area (Å²) in [4.78, 5) is 26.6. The van der Waals surface area contributed by atoms with Gasteiger partial charge in [0.2, 0.25) is 5.91 Å². The van der Waals surface area contributed by atoms with Crippen molar-refractivity contribution in [2.24, 2.45) is 5.92 Å². The molecule has 2 amide bonds. The summed E-state index contributed by atoms with van der Waals surface area (Å²) in [5.41, 5.74) is 2.16. The summed E-state index contributed by atoms with van der Waals surface area (Å²) in [6.45, 7) is 4.64. The third-order valence-electron chi connectivity index (χ3n) is 4.60. The minimum absolute atomic E-state index is 0.0339. The molecule has 28 heavy (non-hydrogen) atoms. The summed E-state index contributed by atoms with van der Waals surface area (Å²) in [6, 6.07) is 19.1. The van der Waals surface area contributed by atoms with Gasteiger partial charge in [0.1, 0.15) is 12.6 Å². The van der Waals surface area contributed by atoms with E-state index in [1.54, 1.807) is 11.9 Å². The predicted molar refractivity (Wildman–Crippen MR) is 111 cm³/mol. The molecule has 150 valence electrons. The van der Waals surface area contributed by atoms with Crippen molar-refractivity contribution in [3.05, 3.63) is 71.8 Å². The van der Waals surface area contributed by atoms with Gasteiger partial charge in [0, 0.05) is 13.6 Å². The number of alkyl carbamates (subject to hydrolysis) is 1. The molecule has 0 aliphatic carbocycles. The van der Waals surface area contributed by atoms with E-state index in [9.17, 15) is 9.59 Å². The van der Waals surface area contributed by atoms with Crippen LogP contribution in [0.25, 0.3) is 0 Å². The van der Waals surface area contributed by atoms with Gasteiger partial charge >= 0.3 is 6.09 Å². The van der Waals surface area contributed by atoms with Crippen LogP contribution < -0.4 is 5.32 Å². The van der Waals surface area contributed by atoms with E-state index >= 15 is 0 Å². The topological polar surface area (TPSA) is 58.6 Å². The zero-order chi connectivity index (χ0) is 20.4. The Morgan fingerprint density at radius 3 is 2.11 bits per heavy atom. The van der Waals surface area contributed by atoms with Gasteiger partial charge in [0.05, 0.1) is 0 Å². The number of likely N-dealkylation sites (N-methyl/N-ethyl adjacent to an activating group) is 1. The molecule has 1 N–H and O–H groups in total. The largest absolute Gasteiger partial charge is 0.445 e. The van der Waals surface area contributed by atoms with Gasteiger partial charge in [-0.1, -0.05) is 74.5 Å². The lowest BCUT2D eigenvalue weighted by atomic mass is 10.0. The molecule has 0 saturated carbocycles. The summed E-state index contributed by atoms with van der Waals surface area (Å²) in [6.07, 6.45) is 1.21. The maximum Gasteiger partial charge on any atom is 0.408 e. The highest BCUT2D eigenvalue weighted by Gasteiger charge is 2.27. The Hall–Kier alpha value is -2.82.